The molecule has 0 spiro atoms. The lowest BCUT2D eigenvalue weighted by Crippen LogP contribution is -2.28. The number of nitrogens with zero attached hydrogens (tertiary/aromatic N) is 1. The largest absolute Gasteiger partial charge is 0.413 e. The van der Waals surface area contributed by atoms with Gasteiger partial charge in [-0.2, -0.15) is 0 Å². The van der Waals surface area contributed by atoms with Gasteiger partial charge < -0.3 is 4.42 Å². The third-order valence-corrected chi connectivity index (χ3v) is 2.45. The molecule has 3 rings (SSSR count). The minimum Gasteiger partial charge on any atom is -0.413 e. The van der Waals surface area contributed by atoms with Gasteiger partial charge in [-0.05, 0) is 17.5 Å². The molecular formula is C13H10NO+. The zero-order valence-corrected chi connectivity index (χ0v) is 8.13. The molecule has 0 radical (unpaired) electrons. The van der Waals surface area contributed by atoms with Gasteiger partial charge in [0.2, 0.25) is 0 Å². The molecule has 0 amide bonds. The molecular weight excluding hydrogens is 186 g/mol. The summed E-state index contributed by atoms with van der Waals surface area (Å²) in [5, 5.41) is 2.44. The lowest BCUT2D eigenvalue weighted by atomic mass is 10.2. The Hall–Kier alpha value is -2.09. The van der Waals surface area contributed by atoms with Crippen LogP contribution in [0, 0.1) is 0 Å². The van der Waals surface area contributed by atoms with Crippen molar-refractivity contribution in [2.24, 2.45) is 0 Å². The molecule has 0 bridgehead atoms. The van der Waals surface area contributed by atoms with Gasteiger partial charge in [0, 0.05) is 11.5 Å². The first-order chi connectivity index (χ1) is 7.43. The number of hydrogen-bond donors (Lipinski definition) is 0. The average Bonchev–Trinajstić information content (AvgIpc) is 2.82. The molecule has 0 aliphatic rings. The van der Waals surface area contributed by atoms with E-state index in [2.05, 4.69) is 24.4 Å². The van der Waals surface area contributed by atoms with Crippen molar-refractivity contribution in [3.05, 3.63) is 61.1 Å². The maximum absolute atomic E-state index is 5.33. The second kappa shape index (κ2) is 3.24. The highest BCUT2D eigenvalue weighted by atomic mass is 16.3. The molecule has 2 nitrogen and oxygen atoms in total. The number of fused-ring (bicyclic) bond motifs is 1. The zero-order valence-electron chi connectivity index (χ0n) is 8.13. The minimum absolute atomic E-state index is 0.834. The topological polar surface area (TPSA) is 17.0 Å². The van der Waals surface area contributed by atoms with Crippen molar-refractivity contribution >= 4 is 10.8 Å². The van der Waals surface area contributed by atoms with Crippen molar-refractivity contribution < 1.29 is 8.98 Å². The highest BCUT2D eigenvalue weighted by Crippen LogP contribution is 2.11. The van der Waals surface area contributed by atoms with Crippen LogP contribution in [0.25, 0.3) is 16.7 Å². The summed E-state index contributed by atoms with van der Waals surface area (Å²) in [5.74, 6) is 0.834. The first kappa shape index (κ1) is 8.24. The molecule has 2 heterocycles. The van der Waals surface area contributed by atoms with Gasteiger partial charge in [-0.1, -0.05) is 18.2 Å². The van der Waals surface area contributed by atoms with Crippen molar-refractivity contribution in [1.82, 2.24) is 0 Å². The van der Waals surface area contributed by atoms with Crippen LogP contribution in [0.2, 0.25) is 0 Å². The van der Waals surface area contributed by atoms with Gasteiger partial charge in [0.25, 0.3) is 0 Å². The molecule has 0 N–H and O–H groups in total. The molecule has 1 aromatic carbocycles. The lowest BCUT2D eigenvalue weighted by molar-refractivity contribution is -0.607. The highest BCUT2D eigenvalue weighted by molar-refractivity contribution is 5.80. The maximum Gasteiger partial charge on any atom is 0.378 e. The lowest BCUT2D eigenvalue weighted by Gasteiger charge is -1.94. The van der Waals surface area contributed by atoms with E-state index >= 15 is 0 Å². The molecule has 0 unspecified atom stereocenters. The number of hydrogen-bond acceptors (Lipinski definition) is 1. The van der Waals surface area contributed by atoms with Crippen LogP contribution >= 0.6 is 0 Å². The van der Waals surface area contributed by atoms with E-state index in [1.807, 2.05) is 35.0 Å². The Morgan fingerprint density at radius 2 is 1.73 bits per heavy atom. The Morgan fingerprint density at radius 3 is 2.53 bits per heavy atom. The Bertz CT molecular complexity index is 584. The third-order valence-electron chi connectivity index (χ3n) is 2.45. The quantitative estimate of drug-likeness (QED) is 0.547. The van der Waals surface area contributed by atoms with Crippen molar-refractivity contribution in [2.45, 2.75) is 0 Å². The fraction of sp³-hybridized carbons (Fsp3) is 0. The van der Waals surface area contributed by atoms with Gasteiger partial charge in [0.15, 0.2) is 12.4 Å². The van der Waals surface area contributed by atoms with Gasteiger partial charge in [-0.25, -0.2) is 0 Å². The third kappa shape index (κ3) is 1.40. The first-order valence-corrected chi connectivity index (χ1v) is 4.87. The molecule has 0 saturated heterocycles. The Morgan fingerprint density at radius 1 is 0.867 bits per heavy atom. The molecule has 0 saturated carbocycles. The maximum atomic E-state index is 5.33. The van der Waals surface area contributed by atoms with Gasteiger partial charge >= 0.3 is 5.88 Å². The standard InChI is InChI=1S/C13H10NO/c1-2-5-12-10-14(8-7-11(12)4-1)13-6-3-9-15-13/h1-10H/q+1. The van der Waals surface area contributed by atoms with E-state index in [1.165, 1.54) is 10.8 Å². The van der Waals surface area contributed by atoms with Crippen LogP contribution < -0.4 is 4.57 Å². The fourth-order valence-corrected chi connectivity index (χ4v) is 1.69. The minimum atomic E-state index is 0.834. The fourth-order valence-electron chi connectivity index (χ4n) is 1.69. The van der Waals surface area contributed by atoms with Crippen molar-refractivity contribution in [3.63, 3.8) is 0 Å². The van der Waals surface area contributed by atoms with E-state index in [0.717, 1.165) is 5.88 Å². The summed E-state index contributed by atoms with van der Waals surface area (Å²) in [5.41, 5.74) is 0. The number of pyridine rings is 1. The van der Waals surface area contributed by atoms with Crippen LogP contribution in [0.5, 0.6) is 0 Å². The van der Waals surface area contributed by atoms with Crippen LogP contribution in [-0.2, 0) is 0 Å². The summed E-state index contributed by atoms with van der Waals surface area (Å²) in [6.07, 6.45) is 5.74. The molecule has 72 valence electrons. The SMILES string of the molecule is c1coc(-[n+]2ccc3ccccc3c2)c1. The number of rotatable bonds is 1. The Kier molecular flexibility index (Phi) is 1.78. The average molecular weight is 196 g/mol. The van der Waals surface area contributed by atoms with Crippen LogP contribution in [0.15, 0.2) is 65.5 Å². The van der Waals surface area contributed by atoms with Crippen LogP contribution in [0.4, 0.5) is 0 Å². The second-order valence-corrected chi connectivity index (χ2v) is 3.43. The summed E-state index contributed by atoms with van der Waals surface area (Å²) in [4.78, 5) is 0. The molecule has 0 aliphatic heterocycles. The van der Waals surface area contributed by atoms with E-state index in [1.54, 1.807) is 6.26 Å². The summed E-state index contributed by atoms with van der Waals surface area (Å²) < 4.78 is 7.31. The zero-order chi connectivity index (χ0) is 10.1. The molecule has 0 fully saturated rings. The predicted molar refractivity (Wildman–Crippen MR) is 57.7 cm³/mol. The molecule has 0 aliphatic carbocycles. The Balaban J connectivity index is 2.22. The van der Waals surface area contributed by atoms with Gasteiger partial charge in [0.1, 0.15) is 0 Å². The van der Waals surface area contributed by atoms with Crippen LogP contribution in [0.1, 0.15) is 0 Å². The highest BCUT2D eigenvalue weighted by Gasteiger charge is 2.08. The van der Waals surface area contributed by atoms with Gasteiger partial charge in [0.05, 0.1) is 12.3 Å². The smallest absolute Gasteiger partial charge is 0.378 e. The molecule has 0 atom stereocenters. The van der Waals surface area contributed by atoms with Crippen molar-refractivity contribution in [2.75, 3.05) is 0 Å². The summed E-state index contributed by atoms with van der Waals surface area (Å²) in [6.45, 7) is 0. The van der Waals surface area contributed by atoms with E-state index in [0.29, 0.717) is 0 Å². The normalized spacial score (nSPS) is 10.7. The summed E-state index contributed by atoms with van der Waals surface area (Å²) in [7, 11) is 0. The number of aromatic nitrogens is 1. The van der Waals surface area contributed by atoms with E-state index in [4.69, 9.17) is 4.42 Å². The molecule has 3 aromatic rings. The van der Waals surface area contributed by atoms with E-state index in [-0.39, 0.29) is 0 Å². The monoisotopic (exact) mass is 196 g/mol. The van der Waals surface area contributed by atoms with Crippen molar-refractivity contribution in [1.29, 1.82) is 0 Å². The predicted octanol–water partition coefficient (Wildman–Crippen LogP) is 2.71. The second-order valence-electron chi connectivity index (χ2n) is 3.43. The van der Waals surface area contributed by atoms with Gasteiger partial charge in [-0.15, -0.1) is 4.57 Å². The van der Waals surface area contributed by atoms with Crippen LogP contribution in [0.3, 0.4) is 0 Å². The summed E-state index contributed by atoms with van der Waals surface area (Å²) in [6, 6.07) is 14.2. The number of furan rings is 1. The van der Waals surface area contributed by atoms with Gasteiger partial charge in [-0.3, -0.25) is 0 Å². The summed E-state index contributed by atoms with van der Waals surface area (Å²) >= 11 is 0. The van der Waals surface area contributed by atoms with Crippen molar-refractivity contribution in [3.8, 4) is 5.88 Å². The van der Waals surface area contributed by atoms with Crippen LogP contribution in [-0.4, -0.2) is 0 Å². The van der Waals surface area contributed by atoms with E-state index < -0.39 is 0 Å². The molecule has 2 heteroatoms. The Labute approximate surface area is 87.4 Å². The molecule has 2 aromatic heterocycles. The number of benzene rings is 1. The van der Waals surface area contributed by atoms with E-state index in [9.17, 15) is 0 Å². The molecule has 15 heavy (non-hydrogen) atoms. The first-order valence-electron chi connectivity index (χ1n) is 4.87.